The van der Waals surface area contributed by atoms with Crippen LogP contribution in [0.25, 0.3) is 0 Å². The molecule has 2 rings (SSSR count). The summed E-state index contributed by atoms with van der Waals surface area (Å²) in [5.41, 5.74) is 1.28. The molecule has 2 aromatic rings. The number of para-hydroxylation sites is 1. The summed E-state index contributed by atoms with van der Waals surface area (Å²) in [5, 5.41) is 0.763. The molecule has 0 spiro atoms. The fourth-order valence-electron chi connectivity index (χ4n) is 1.86. The third kappa shape index (κ3) is 3.33. The van der Waals surface area contributed by atoms with Crippen LogP contribution in [0.4, 0.5) is 0 Å². The van der Waals surface area contributed by atoms with Gasteiger partial charge in [-0.2, -0.15) is 0 Å². The molecule has 0 aliphatic rings. The molecular weight excluding hydrogens is 295 g/mol. The SMILES string of the molecule is CC(C)c1ccccc1OC(=O)c1ccc(Cl)cc1Cl. The smallest absolute Gasteiger partial charge is 0.345 e. The van der Waals surface area contributed by atoms with E-state index in [4.69, 9.17) is 27.9 Å². The van der Waals surface area contributed by atoms with Gasteiger partial charge in [0.1, 0.15) is 5.75 Å². The summed E-state index contributed by atoms with van der Waals surface area (Å²) >= 11 is 11.8. The van der Waals surface area contributed by atoms with Crippen LogP contribution in [0.5, 0.6) is 5.75 Å². The van der Waals surface area contributed by atoms with Crippen molar-refractivity contribution in [3.05, 3.63) is 63.6 Å². The van der Waals surface area contributed by atoms with Crippen molar-refractivity contribution in [2.45, 2.75) is 19.8 Å². The van der Waals surface area contributed by atoms with Crippen molar-refractivity contribution in [1.82, 2.24) is 0 Å². The Bertz CT molecular complexity index is 636. The van der Waals surface area contributed by atoms with Gasteiger partial charge in [0, 0.05) is 5.02 Å². The molecular formula is C16H14Cl2O2. The van der Waals surface area contributed by atoms with Gasteiger partial charge in [-0.3, -0.25) is 0 Å². The maximum absolute atomic E-state index is 12.2. The quantitative estimate of drug-likeness (QED) is 0.565. The second-order valence-corrected chi connectivity index (χ2v) is 5.55. The van der Waals surface area contributed by atoms with Crippen LogP contribution in [-0.2, 0) is 0 Å². The molecule has 20 heavy (non-hydrogen) atoms. The van der Waals surface area contributed by atoms with E-state index in [0.717, 1.165) is 5.56 Å². The van der Waals surface area contributed by atoms with Crippen LogP contribution in [0.2, 0.25) is 10.0 Å². The van der Waals surface area contributed by atoms with E-state index in [0.29, 0.717) is 16.3 Å². The third-order valence-corrected chi connectivity index (χ3v) is 3.44. The zero-order valence-electron chi connectivity index (χ0n) is 11.2. The number of carbonyl (C=O) groups is 1. The average molecular weight is 309 g/mol. The van der Waals surface area contributed by atoms with E-state index in [-0.39, 0.29) is 10.9 Å². The van der Waals surface area contributed by atoms with Crippen molar-refractivity contribution in [1.29, 1.82) is 0 Å². The summed E-state index contributed by atoms with van der Waals surface area (Å²) in [4.78, 5) is 12.2. The Morgan fingerprint density at radius 1 is 1.10 bits per heavy atom. The Morgan fingerprint density at radius 3 is 2.45 bits per heavy atom. The molecule has 0 saturated heterocycles. The fraction of sp³-hybridized carbons (Fsp3) is 0.188. The minimum absolute atomic E-state index is 0.264. The van der Waals surface area contributed by atoms with Gasteiger partial charge in [0.15, 0.2) is 0 Å². The van der Waals surface area contributed by atoms with Crippen LogP contribution in [-0.4, -0.2) is 5.97 Å². The Hall–Kier alpha value is -1.51. The van der Waals surface area contributed by atoms with Crippen LogP contribution in [0.15, 0.2) is 42.5 Å². The minimum Gasteiger partial charge on any atom is -0.423 e. The molecule has 0 unspecified atom stereocenters. The summed E-state index contributed by atoms with van der Waals surface area (Å²) in [5.74, 6) is 0.331. The van der Waals surface area contributed by atoms with Gasteiger partial charge in [-0.25, -0.2) is 4.79 Å². The minimum atomic E-state index is -0.486. The van der Waals surface area contributed by atoms with E-state index in [9.17, 15) is 4.79 Å². The van der Waals surface area contributed by atoms with Gasteiger partial charge in [0.05, 0.1) is 10.6 Å². The molecule has 0 heterocycles. The van der Waals surface area contributed by atoms with Crippen molar-refractivity contribution < 1.29 is 9.53 Å². The monoisotopic (exact) mass is 308 g/mol. The number of halogens is 2. The topological polar surface area (TPSA) is 26.3 Å². The fourth-order valence-corrected chi connectivity index (χ4v) is 2.35. The standard InChI is InChI=1S/C16H14Cl2O2/c1-10(2)12-5-3-4-6-15(12)20-16(19)13-8-7-11(17)9-14(13)18/h3-10H,1-2H3. The number of hydrogen-bond acceptors (Lipinski definition) is 2. The average Bonchev–Trinajstić information content (AvgIpc) is 2.38. The molecule has 0 fully saturated rings. The van der Waals surface area contributed by atoms with Crippen LogP contribution in [0.3, 0.4) is 0 Å². The van der Waals surface area contributed by atoms with Gasteiger partial charge >= 0.3 is 5.97 Å². The van der Waals surface area contributed by atoms with Crippen molar-refractivity contribution in [3.63, 3.8) is 0 Å². The molecule has 0 radical (unpaired) electrons. The number of benzene rings is 2. The lowest BCUT2D eigenvalue weighted by molar-refractivity contribution is 0.0733. The first-order valence-corrected chi connectivity index (χ1v) is 7.01. The number of rotatable bonds is 3. The zero-order valence-corrected chi connectivity index (χ0v) is 12.7. The maximum Gasteiger partial charge on any atom is 0.345 e. The first kappa shape index (κ1) is 14.9. The van der Waals surface area contributed by atoms with Crippen LogP contribution in [0, 0.1) is 0 Å². The molecule has 0 saturated carbocycles. The summed E-state index contributed by atoms with van der Waals surface area (Å²) in [7, 11) is 0. The van der Waals surface area contributed by atoms with Gasteiger partial charge in [-0.05, 0) is 35.7 Å². The molecule has 0 amide bonds. The number of hydrogen-bond donors (Lipinski definition) is 0. The van der Waals surface area contributed by atoms with E-state index in [1.807, 2.05) is 32.0 Å². The first-order chi connectivity index (χ1) is 9.49. The lowest BCUT2D eigenvalue weighted by Crippen LogP contribution is -2.10. The number of ether oxygens (including phenoxy) is 1. The normalized spacial score (nSPS) is 10.7. The molecule has 0 aliphatic heterocycles. The van der Waals surface area contributed by atoms with E-state index in [2.05, 4.69) is 0 Å². The van der Waals surface area contributed by atoms with Crippen molar-refractivity contribution in [3.8, 4) is 5.75 Å². The second-order valence-electron chi connectivity index (χ2n) is 4.71. The predicted octanol–water partition coefficient (Wildman–Crippen LogP) is 5.34. The molecule has 104 valence electrons. The second kappa shape index (κ2) is 6.29. The van der Waals surface area contributed by atoms with Crippen molar-refractivity contribution >= 4 is 29.2 Å². The van der Waals surface area contributed by atoms with Gasteiger partial charge in [-0.15, -0.1) is 0 Å². The summed E-state index contributed by atoms with van der Waals surface area (Å²) in [6, 6.07) is 12.2. The molecule has 0 aromatic heterocycles. The zero-order chi connectivity index (χ0) is 14.7. The first-order valence-electron chi connectivity index (χ1n) is 6.25. The van der Waals surface area contributed by atoms with Gasteiger partial charge < -0.3 is 4.74 Å². The van der Waals surface area contributed by atoms with Crippen molar-refractivity contribution in [2.75, 3.05) is 0 Å². The van der Waals surface area contributed by atoms with Crippen LogP contribution < -0.4 is 4.74 Å². The van der Waals surface area contributed by atoms with E-state index in [1.54, 1.807) is 18.2 Å². The lowest BCUT2D eigenvalue weighted by Gasteiger charge is -2.13. The molecule has 4 heteroatoms. The molecule has 2 aromatic carbocycles. The van der Waals surface area contributed by atoms with E-state index in [1.165, 1.54) is 6.07 Å². The van der Waals surface area contributed by atoms with Gasteiger partial charge in [-0.1, -0.05) is 55.2 Å². The Balaban J connectivity index is 2.28. The lowest BCUT2D eigenvalue weighted by atomic mass is 10.0. The Morgan fingerprint density at radius 2 is 1.80 bits per heavy atom. The van der Waals surface area contributed by atoms with E-state index < -0.39 is 5.97 Å². The predicted molar refractivity (Wildman–Crippen MR) is 82.0 cm³/mol. The summed E-state index contributed by atoms with van der Waals surface area (Å²) in [6.07, 6.45) is 0. The van der Waals surface area contributed by atoms with Crippen LogP contribution >= 0.6 is 23.2 Å². The number of carbonyl (C=O) groups excluding carboxylic acids is 1. The maximum atomic E-state index is 12.2. The van der Waals surface area contributed by atoms with E-state index >= 15 is 0 Å². The van der Waals surface area contributed by atoms with Crippen molar-refractivity contribution in [2.24, 2.45) is 0 Å². The largest absolute Gasteiger partial charge is 0.423 e. The molecule has 0 atom stereocenters. The molecule has 0 bridgehead atoms. The van der Waals surface area contributed by atoms with Crippen LogP contribution in [0.1, 0.15) is 35.7 Å². The molecule has 0 N–H and O–H groups in total. The van der Waals surface area contributed by atoms with Gasteiger partial charge in [0.25, 0.3) is 0 Å². The Labute approximate surface area is 128 Å². The molecule has 2 nitrogen and oxygen atoms in total. The Kier molecular flexibility index (Phi) is 4.69. The third-order valence-electron chi connectivity index (χ3n) is 2.89. The highest BCUT2D eigenvalue weighted by molar-refractivity contribution is 6.36. The van der Waals surface area contributed by atoms with Gasteiger partial charge in [0.2, 0.25) is 0 Å². The highest BCUT2D eigenvalue weighted by Crippen LogP contribution is 2.28. The summed E-state index contributed by atoms with van der Waals surface area (Å²) in [6.45, 7) is 4.09. The highest BCUT2D eigenvalue weighted by atomic mass is 35.5. The number of esters is 1. The highest BCUT2D eigenvalue weighted by Gasteiger charge is 2.16. The molecule has 0 aliphatic carbocycles. The summed E-state index contributed by atoms with van der Waals surface area (Å²) < 4.78 is 5.45.